The van der Waals surface area contributed by atoms with Gasteiger partial charge in [-0.05, 0) is 49.4 Å². The topological polar surface area (TPSA) is 88.1 Å². The monoisotopic (exact) mass is 429 g/mol. The molecule has 164 valence electrons. The summed E-state index contributed by atoms with van der Waals surface area (Å²) in [6, 6.07) is 12.1. The van der Waals surface area contributed by atoms with E-state index in [4.69, 9.17) is 0 Å². The molecule has 1 aromatic carbocycles. The number of nitrogens with one attached hydrogen (secondary N) is 1. The van der Waals surface area contributed by atoms with Crippen molar-refractivity contribution in [3.8, 4) is 11.1 Å². The van der Waals surface area contributed by atoms with E-state index in [9.17, 15) is 9.59 Å². The zero-order valence-electron chi connectivity index (χ0n) is 18.4. The van der Waals surface area contributed by atoms with E-state index in [0.29, 0.717) is 38.2 Å². The molecule has 3 aromatic rings. The molecule has 3 heterocycles. The molecular formula is C25H27N5O2. The normalized spacial score (nSPS) is 17.9. The van der Waals surface area contributed by atoms with Crippen LogP contribution in [0.3, 0.4) is 0 Å². The third-order valence-corrected chi connectivity index (χ3v) is 5.92. The SMILES string of the molecule is CCNC(=O)[C@]1(Cc2cccc(-c3cccnc3)c2)CCN(C(=O)c2cnc(C)cn2)C1. The molecular weight excluding hydrogens is 402 g/mol. The van der Waals surface area contributed by atoms with Gasteiger partial charge in [0.05, 0.1) is 17.3 Å². The molecule has 0 spiro atoms. The van der Waals surface area contributed by atoms with Crippen molar-refractivity contribution in [3.63, 3.8) is 0 Å². The smallest absolute Gasteiger partial charge is 0.274 e. The van der Waals surface area contributed by atoms with Crippen molar-refractivity contribution in [2.75, 3.05) is 19.6 Å². The van der Waals surface area contributed by atoms with Crippen molar-refractivity contribution < 1.29 is 9.59 Å². The van der Waals surface area contributed by atoms with Crippen LogP contribution in [0.5, 0.6) is 0 Å². The van der Waals surface area contributed by atoms with Crippen LogP contribution in [-0.2, 0) is 11.2 Å². The standard InChI is InChI=1S/C25H27N5O2/c1-3-27-24(32)25(9-11-30(17-25)23(31)22-16-28-18(2)14-29-22)13-19-6-4-7-20(12-19)21-8-5-10-26-15-21/h4-8,10,12,14-16H,3,9,11,13,17H2,1-2H3,(H,27,32)/t25-/m0/s1. The summed E-state index contributed by atoms with van der Waals surface area (Å²) < 4.78 is 0. The first kappa shape index (κ1) is 21.6. The molecule has 0 radical (unpaired) electrons. The number of aromatic nitrogens is 3. The van der Waals surface area contributed by atoms with Crippen LogP contribution >= 0.6 is 0 Å². The maximum Gasteiger partial charge on any atom is 0.274 e. The Morgan fingerprint density at radius 1 is 1.09 bits per heavy atom. The highest BCUT2D eigenvalue weighted by Crippen LogP contribution is 2.36. The average molecular weight is 430 g/mol. The third-order valence-electron chi connectivity index (χ3n) is 5.92. The van der Waals surface area contributed by atoms with Gasteiger partial charge in [-0.1, -0.05) is 30.3 Å². The van der Waals surface area contributed by atoms with E-state index in [1.165, 1.54) is 6.20 Å². The summed E-state index contributed by atoms with van der Waals surface area (Å²) >= 11 is 0. The molecule has 4 rings (SSSR count). The Morgan fingerprint density at radius 2 is 1.94 bits per heavy atom. The fourth-order valence-electron chi connectivity index (χ4n) is 4.25. The van der Waals surface area contributed by atoms with Crippen LogP contribution < -0.4 is 5.32 Å². The summed E-state index contributed by atoms with van der Waals surface area (Å²) in [5.41, 5.74) is 3.53. The predicted octanol–water partition coefficient (Wildman–Crippen LogP) is 3.06. The lowest BCUT2D eigenvalue weighted by molar-refractivity contribution is -0.130. The summed E-state index contributed by atoms with van der Waals surface area (Å²) in [5.74, 6) is -0.204. The lowest BCUT2D eigenvalue weighted by Gasteiger charge is -2.28. The minimum Gasteiger partial charge on any atom is -0.356 e. The molecule has 0 saturated carbocycles. The van der Waals surface area contributed by atoms with Crippen molar-refractivity contribution in [1.29, 1.82) is 0 Å². The summed E-state index contributed by atoms with van der Waals surface area (Å²) in [5, 5.41) is 2.99. The minimum atomic E-state index is -0.683. The van der Waals surface area contributed by atoms with Crippen LogP contribution in [-0.4, -0.2) is 51.3 Å². The number of carbonyl (C=O) groups excluding carboxylic acids is 2. The van der Waals surface area contributed by atoms with E-state index in [1.807, 2.05) is 50.4 Å². The molecule has 0 unspecified atom stereocenters. The van der Waals surface area contributed by atoms with Crippen molar-refractivity contribution in [1.82, 2.24) is 25.2 Å². The predicted molar refractivity (Wildman–Crippen MR) is 122 cm³/mol. The number of aryl methyl sites for hydroxylation is 1. The van der Waals surface area contributed by atoms with E-state index in [1.54, 1.807) is 17.3 Å². The van der Waals surface area contributed by atoms with Gasteiger partial charge in [0, 0.05) is 38.2 Å². The van der Waals surface area contributed by atoms with E-state index in [-0.39, 0.29) is 11.8 Å². The number of hydrogen-bond acceptors (Lipinski definition) is 5. The fraction of sp³-hybridized carbons (Fsp3) is 0.320. The second kappa shape index (κ2) is 9.26. The van der Waals surface area contributed by atoms with E-state index in [0.717, 1.165) is 22.4 Å². The molecule has 2 aromatic heterocycles. The lowest BCUT2D eigenvalue weighted by Crippen LogP contribution is -2.45. The van der Waals surface area contributed by atoms with Gasteiger partial charge in [0.2, 0.25) is 5.91 Å². The number of carbonyl (C=O) groups is 2. The maximum atomic E-state index is 13.2. The first-order valence-electron chi connectivity index (χ1n) is 10.9. The van der Waals surface area contributed by atoms with Crippen molar-refractivity contribution >= 4 is 11.8 Å². The number of likely N-dealkylation sites (tertiary alicyclic amines) is 1. The van der Waals surface area contributed by atoms with Gasteiger partial charge >= 0.3 is 0 Å². The number of hydrogen-bond donors (Lipinski definition) is 1. The Bertz CT molecular complexity index is 1100. The van der Waals surface area contributed by atoms with Crippen LogP contribution in [0.4, 0.5) is 0 Å². The van der Waals surface area contributed by atoms with E-state index >= 15 is 0 Å². The van der Waals surface area contributed by atoms with Crippen LogP contribution in [0, 0.1) is 12.3 Å². The average Bonchev–Trinajstić information content (AvgIpc) is 3.25. The quantitative estimate of drug-likeness (QED) is 0.651. The summed E-state index contributed by atoms with van der Waals surface area (Å²) in [6.45, 7) is 5.15. The van der Waals surface area contributed by atoms with Gasteiger partial charge in [-0.2, -0.15) is 0 Å². The van der Waals surface area contributed by atoms with Gasteiger partial charge in [-0.15, -0.1) is 0 Å². The molecule has 0 aliphatic carbocycles. The van der Waals surface area contributed by atoms with Crippen LogP contribution in [0.25, 0.3) is 11.1 Å². The molecule has 1 N–H and O–H groups in total. The molecule has 1 aliphatic heterocycles. The van der Waals surface area contributed by atoms with Gasteiger partial charge in [0.25, 0.3) is 5.91 Å². The van der Waals surface area contributed by atoms with Gasteiger partial charge in [0.1, 0.15) is 5.69 Å². The van der Waals surface area contributed by atoms with Crippen molar-refractivity contribution in [2.45, 2.75) is 26.7 Å². The summed E-state index contributed by atoms with van der Waals surface area (Å²) in [4.78, 5) is 40.5. The largest absolute Gasteiger partial charge is 0.356 e. The second-order valence-electron chi connectivity index (χ2n) is 8.28. The number of benzene rings is 1. The highest BCUT2D eigenvalue weighted by molar-refractivity contribution is 5.93. The van der Waals surface area contributed by atoms with Gasteiger partial charge in [0.15, 0.2) is 0 Å². The number of rotatable bonds is 6. The highest BCUT2D eigenvalue weighted by atomic mass is 16.2. The van der Waals surface area contributed by atoms with Crippen molar-refractivity contribution in [3.05, 3.63) is 78.1 Å². The first-order valence-corrected chi connectivity index (χ1v) is 10.9. The molecule has 1 aliphatic rings. The van der Waals surface area contributed by atoms with Crippen molar-refractivity contribution in [2.24, 2.45) is 5.41 Å². The number of amides is 2. The lowest BCUT2D eigenvalue weighted by atomic mass is 9.79. The van der Waals surface area contributed by atoms with Gasteiger partial charge in [-0.25, -0.2) is 4.98 Å². The highest BCUT2D eigenvalue weighted by Gasteiger charge is 2.46. The maximum absolute atomic E-state index is 13.2. The Morgan fingerprint density at radius 3 is 2.66 bits per heavy atom. The molecule has 0 bridgehead atoms. The third kappa shape index (κ3) is 4.51. The zero-order chi connectivity index (χ0) is 22.6. The Balaban J connectivity index is 1.59. The van der Waals surface area contributed by atoms with Crippen LogP contribution in [0.1, 0.15) is 35.1 Å². The fourth-order valence-corrected chi connectivity index (χ4v) is 4.25. The Hall–Kier alpha value is -3.61. The molecule has 1 saturated heterocycles. The Kier molecular flexibility index (Phi) is 6.25. The molecule has 7 nitrogen and oxygen atoms in total. The Labute approximate surface area is 187 Å². The molecule has 1 atom stereocenters. The van der Waals surface area contributed by atoms with E-state index < -0.39 is 5.41 Å². The summed E-state index contributed by atoms with van der Waals surface area (Å²) in [7, 11) is 0. The molecule has 2 amide bonds. The molecule has 7 heteroatoms. The summed E-state index contributed by atoms with van der Waals surface area (Å²) in [6.07, 6.45) is 7.82. The van der Waals surface area contributed by atoms with Gasteiger partial charge in [-0.3, -0.25) is 19.6 Å². The molecule has 32 heavy (non-hydrogen) atoms. The zero-order valence-corrected chi connectivity index (χ0v) is 18.4. The van der Waals surface area contributed by atoms with Crippen LogP contribution in [0.15, 0.2) is 61.2 Å². The van der Waals surface area contributed by atoms with Crippen LogP contribution in [0.2, 0.25) is 0 Å². The first-order chi connectivity index (χ1) is 15.5. The van der Waals surface area contributed by atoms with Gasteiger partial charge < -0.3 is 10.2 Å². The molecule has 1 fully saturated rings. The number of pyridine rings is 1. The van der Waals surface area contributed by atoms with E-state index in [2.05, 4.69) is 26.3 Å². The second-order valence-corrected chi connectivity index (χ2v) is 8.28. The number of nitrogens with zero attached hydrogens (tertiary/aromatic N) is 4. The minimum absolute atomic E-state index is 0.0166.